The molecule has 28 heavy (non-hydrogen) atoms. The standard InChI is InChI=1S/C20H28N4O3S/c1-21-7-9-23(10-8-21)18-17(16-4-2-15-28-16)19(25)24(20(18)26)6-3-5-22-11-13-27-14-12-22/h2,4,15H,3,5-14H2,1H3. The third kappa shape index (κ3) is 4.00. The highest BCUT2D eigenvalue weighted by molar-refractivity contribution is 7.11. The summed E-state index contributed by atoms with van der Waals surface area (Å²) in [5.41, 5.74) is 1.20. The van der Waals surface area contributed by atoms with Gasteiger partial charge in [0.1, 0.15) is 5.70 Å². The summed E-state index contributed by atoms with van der Waals surface area (Å²) >= 11 is 1.53. The first-order valence-corrected chi connectivity index (χ1v) is 10.9. The summed E-state index contributed by atoms with van der Waals surface area (Å²) in [4.78, 5) is 35.5. The molecule has 0 atom stereocenters. The molecule has 3 aliphatic heterocycles. The normalized spacial score (nSPS) is 22.6. The molecule has 3 aliphatic rings. The summed E-state index contributed by atoms with van der Waals surface area (Å²) in [6.07, 6.45) is 0.797. The van der Waals surface area contributed by atoms with E-state index in [2.05, 4.69) is 21.7 Å². The van der Waals surface area contributed by atoms with Gasteiger partial charge in [0.25, 0.3) is 11.8 Å². The van der Waals surface area contributed by atoms with Crippen LogP contribution in [0.15, 0.2) is 23.2 Å². The maximum atomic E-state index is 13.2. The van der Waals surface area contributed by atoms with Crippen LogP contribution in [0.25, 0.3) is 5.57 Å². The van der Waals surface area contributed by atoms with Crippen LogP contribution >= 0.6 is 11.3 Å². The summed E-state index contributed by atoms with van der Waals surface area (Å²) in [5, 5.41) is 1.96. The molecule has 2 saturated heterocycles. The van der Waals surface area contributed by atoms with Crippen molar-refractivity contribution < 1.29 is 14.3 Å². The molecule has 0 aliphatic carbocycles. The van der Waals surface area contributed by atoms with Gasteiger partial charge < -0.3 is 14.5 Å². The number of rotatable bonds is 6. The van der Waals surface area contributed by atoms with E-state index in [4.69, 9.17) is 4.74 Å². The van der Waals surface area contributed by atoms with Gasteiger partial charge >= 0.3 is 0 Å². The first-order chi connectivity index (χ1) is 13.6. The third-order valence-electron chi connectivity index (χ3n) is 5.69. The highest BCUT2D eigenvalue weighted by atomic mass is 32.1. The Morgan fingerprint density at radius 3 is 2.43 bits per heavy atom. The number of thiophene rings is 1. The second-order valence-corrected chi connectivity index (χ2v) is 8.51. The van der Waals surface area contributed by atoms with E-state index in [-0.39, 0.29) is 11.8 Å². The average Bonchev–Trinajstić information content (AvgIpc) is 3.31. The Balaban J connectivity index is 1.48. The second-order valence-electron chi connectivity index (χ2n) is 7.56. The summed E-state index contributed by atoms with van der Waals surface area (Å²) in [7, 11) is 2.09. The molecule has 0 aromatic carbocycles. The Labute approximate surface area is 170 Å². The number of morpholine rings is 1. The SMILES string of the molecule is CN1CCN(C2=C(c3cccs3)C(=O)N(CCCN3CCOCC3)C2=O)CC1. The van der Waals surface area contributed by atoms with E-state index in [1.54, 1.807) is 0 Å². The van der Waals surface area contributed by atoms with Gasteiger partial charge in [0, 0.05) is 57.2 Å². The zero-order valence-electron chi connectivity index (χ0n) is 16.4. The van der Waals surface area contributed by atoms with E-state index >= 15 is 0 Å². The number of imide groups is 1. The molecule has 0 spiro atoms. The molecular weight excluding hydrogens is 376 g/mol. The molecule has 2 amide bonds. The Kier molecular flexibility index (Phi) is 6.10. The summed E-state index contributed by atoms with van der Waals surface area (Å²) in [5.74, 6) is -0.261. The van der Waals surface area contributed by atoms with Crippen molar-refractivity contribution in [2.24, 2.45) is 0 Å². The second kappa shape index (κ2) is 8.73. The van der Waals surface area contributed by atoms with Crippen LogP contribution in [-0.4, -0.2) is 104 Å². The number of hydrogen-bond acceptors (Lipinski definition) is 7. The zero-order valence-corrected chi connectivity index (χ0v) is 17.2. The number of hydrogen-bond donors (Lipinski definition) is 0. The van der Waals surface area contributed by atoms with E-state index < -0.39 is 0 Å². The lowest BCUT2D eigenvalue weighted by atomic mass is 10.1. The molecular formula is C20H28N4O3S. The largest absolute Gasteiger partial charge is 0.379 e. The van der Waals surface area contributed by atoms with Crippen LogP contribution in [-0.2, 0) is 14.3 Å². The summed E-state index contributed by atoms with van der Waals surface area (Å²) in [6.45, 7) is 8.10. The fourth-order valence-corrected chi connectivity index (χ4v) is 4.77. The zero-order chi connectivity index (χ0) is 19.5. The van der Waals surface area contributed by atoms with E-state index in [1.165, 1.54) is 16.2 Å². The fraction of sp³-hybridized carbons (Fsp3) is 0.600. The molecule has 4 heterocycles. The Morgan fingerprint density at radius 1 is 1.00 bits per heavy atom. The van der Waals surface area contributed by atoms with Crippen LogP contribution in [0.5, 0.6) is 0 Å². The van der Waals surface area contributed by atoms with Crippen LogP contribution in [0.3, 0.4) is 0 Å². The number of carbonyl (C=O) groups is 2. The monoisotopic (exact) mass is 404 g/mol. The molecule has 0 saturated carbocycles. The molecule has 7 nitrogen and oxygen atoms in total. The number of likely N-dealkylation sites (N-methyl/N-ethyl adjacent to an activating group) is 1. The quantitative estimate of drug-likeness (QED) is 0.654. The van der Waals surface area contributed by atoms with Crippen molar-refractivity contribution in [2.45, 2.75) is 6.42 Å². The lowest BCUT2D eigenvalue weighted by Gasteiger charge is -2.34. The Morgan fingerprint density at radius 2 is 1.75 bits per heavy atom. The topological polar surface area (TPSA) is 56.3 Å². The number of piperazine rings is 1. The van der Waals surface area contributed by atoms with Crippen molar-refractivity contribution in [1.82, 2.24) is 19.6 Å². The van der Waals surface area contributed by atoms with E-state index in [0.717, 1.165) is 70.3 Å². The van der Waals surface area contributed by atoms with E-state index in [0.29, 0.717) is 17.8 Å². The molecule has 0 radical (unpaired) electrons. The fourth-order valence-electron chi connectivity index (χ4n) is 4.01. The molecule has 0 bridgehead atoms. The lowest BCUT2D eigenvalue weighted by molar-refractivity contribution is -0.137. The van der Waals surface area contributed by atoms with Crippen molar-refractivity contribution in [3.63, 3.8) is 0 Å². The molecule has 8 heteroatoms. The van der Waals surface area contributed by atoms with Gasteiger partial charge in [-0.3, -0.25) is 19.4 Å². The summed E-state index contributed by atoms with van der Waals surface area (Å²) < 4.78 is 5.38. The Bertz CT molecular complexity index is 735. The van der Waals surface area contributed by atoms with Crippen LogP contribution in [0.1, 0.15) is 11.3 Å². The van der Waals surface area contributed by atoms with Crippen LogP contribution in [0.2, 0.25) is 0 Å². The van der Waals surface area contributed by atoms with Gasteiger partial charge in [-0.1, -0.05) is 6.07 Å². The van der Waals surface area contributed by atoms with Crippen LogP contribution in [0, 0.1) is 0 Å². The van der Waals surface area contributed by atoms with Gasteiger partial charge in [-0.15, -0.1) is 11.3 Å². The smallest absolute Gasteiger partial charge is 0.277 e. The van der Waals surface area contributed by atoms with Crippen LogP contribution in [0.4, 0.5) is 0 Å². The molecule has 0 unspecified atom stereocenters. The molecule has 1 aromatic heterocycles. The lowest BCUT2D eigenvalue weighted by Crippen LogP contribution is -2.46. The minimum atomic E-state index is -0.136. The first kappa shape index (κ1) is 19.6. The highest BCUT2D eigenvalue weighted by Crippen LogP contribution is 2.34. The predicted molar refractivity (Wildman–Crippen MR) is 109 cm³/mol. The first-order valence-electron chi connectivity index (χ1n) is 10.0. The molecule has 4 rings (SSSR count). The number of nitrogens with zero attached hydrogens (tertiary/aromatic N) is 4. The van der Waals surface area contributed by atoms with E-state index in [9.17, 15) is 9.59 Å². The Hall–Kier alpha value is -1.74. The minimum absolute atomic E-state index is 0.125. The van der Waals surface area contributed by atoms with Crippen molar-refractivity contribution in [3.05, 3.63) is 28.1 Å². The van der Waals surface area contributed by atoms with Crippen molar-refractivity contribution >= 4 is 28.7 Å². The molecule has 0 N–H and O–H groups in total. The van der Waals surface area contributed by atoms with Gasteiger partial charge in [-0.25, -0.2) is 0 Å². The van der Waals surface area contributed by atoms with Crippen molar-refractivity contribution in [1.29, 1.82) is 0 Å². The van der Waals surface area contributed by atoms with Crippen molar-refractivity contribution in [2.75, 3.05) is 72.6 Å². The molecule has 152 valence electrons. The van der Waals surface area contributed by atoms with Gasteiger partial charge in [0.05, 0.1) is 18.8 Å². The van der Waals surface area contributed by atoms with Crippen LogP contribution < -0.4 is 0 Å². The predicted octanol–water partition coefficient (Wildman–Crippen LogP) is 0.798. The number of amides is 2. The highest BCUT2D eigenvalue weighted by Gasteiger charge is 2.42. The van der Waals surface area contributed by atoms with Gasteiger partial charge in [-0.05, 0) is 24.9 Å². The maximum Gasteiger partial charge on any atom is 0.277 e. The minimum Gasteiger partial charge on any atom is -0.379 e. The molecule has 2 fully saturated rings. The third-order valence-corrected chi connectivity index (χ3v) is 6.58. The summed E-state index contributed by atoms with van der Waals surface area (Å²) in [6, 6.07) is 3.88. The molecule has 1 aromatic rings. The maximum absolute atomic E-state index is 13.2. The number of carbonyl (C=O) groups excluding carboxylic acids is 2. The average molecular weight is 405 g/mol. The van der Waals surface area contributed by atoms with Gasteiger partial charge in [0.15, 0.2) is 0 Å². The number of ether oxygens (including phenoxy) is 1. The van der Waals surface area contributed by atoms with E-state index in [1.807, 2.05) is 17.5 Å². The van der Waals surface area contributed by atoms with Gasteiger partial charge in [-0.2, -0.15) is 0 Å². The van der Waals surface area contributed by atoms with Gasteiger partial charge in [0.2, 0.25) is 0 Å². The van der Waals surface area contributed by atoms with Crippen molar-refractivity contribution in [3.8, 4) is 0 Å².